The van der Waals surface area contributed by atoms with E-state index in [2.05, 4.69) is 0 Å². The predicted molar refractivity (Wildman–Crippen MR) is 68.8 cm³/mol. The fraction of sp³-hybridized carbons (Fsp3) is 0. The van der Waals surface area contributed by atoms with Crippen LogP contribution in [0.3, 0.4) is 0 Å². The lowest BCUT2D eigenvalue weighted by molar-refractivity contribution is 0.0696. The summed E-state index contributed by atoms with van der Waals surface area (Å²) in [5.74, 6) is -1.84. The van der Waals surface area contributed by atoms with Crippen molar-refractivity contribution in [2.75, 3.05) is 0 Å². The summed E-state index contributed by atoms with van der Waals surface area (Å²) in [6.07, 6.45) is 0. The van der Waals surface area contributed by atoms with Crippen LogP contribution in [0, 0.1) is 5.82 Å². The van der Waals surface area contributed by atoms with Gasteiger partial charge >= 0.3 is 5.97 Å². The van der Waals surface area contributed by atoms with Gasteiger partial charge < -0.3 is 5.11 Å². The van der Waals surface area contributed by atoms with E-state index < -0.39 is 11.8 Å². The molecule has 0 unspecified atom stereocenters. The number of aromatic carboxylic acids is 1. The van der Waals surface area contributed by atoms with Crippen LogP contribution in [0.25, 0.3) is 11.1 Å². The minimum Gasteiger partial charge on any atom is -0.478 e. The second kappa shape index (κ2) is 4.96. The maximum absolute atomic E-state index is 13.8. The van der Waals surface area contributed by atoms with Crippen LogP contribution in [0.15, 0.2) is 36.4 Å². The van der Waals surface area contributed by atoms with Gasteiger partial charge in [-0.15, -0.1) is 0 Å². The van der Waals surface area contributed by atoms with Crippen LogP contribution in [0.1, 0.15) is 10.4 Å². The van der Waals surface area contributed by atoms with Crippen LogP contribution in [-0.4, -0.2) is 11.1 Å². The number of carboxylic acid groups (broad SMARTS) is 1. The van der Waals surface area contributed by atoms with Gasteiger partial charge in [-0.2, -0.15) is 0 Å². The summed E-state index contributed by atoms with van der Waals surface area (Å²) >= 11 is 11.8. The standard InChI is InChI=1S/C13H7Cl2FO2/c14-10-3-1-2-9(12(10)15)8-5-4-7(13(17)18)6-11(8)16/h1-6H,(H,17,18). The Balaban J connectivity index is 2.58. The lowest BCUT2D eigenvalue weighted by Gasteiger charge is -2.07. The third kappa shape index (κ3) is 2.33. The van der Waals surface area contributed by atoms with Crippen molar-refractivity contribution in [2.45, 2.75) is 0 Å². The first-order chi connectivity index (χ1) is 8.50. The lowest BCUT2D eigenvalue weighted by atomic mass is 10.0. The van der Waals surface area contributed by atoms with Gasteiger partial charge in [0.05, 0.1) is 15.6 Å². The van der Waals surface area contributed by atoms with Gasteiger partial charge in [-0.1, -0.05) is 41.4 Å². The second-order valence-corrected chi connectivity index (χ2v) is 4.39. The van der Waals surface area contributed by atoms with Crippen molar-refractivity contribution in [2.24, 2.45) is 0 Å². The third-order valence-electron chi connectivity index (χ3n) is 2.46. The SMILES string of the molecule is O=C(O)c1ccc(-c2cccc(Cl)c2Cl)c(F)c1. The number of carbonyl (C=O) groups is 1. The Kier molecular flexibility index (Phi) is 3.55. The van der Waals surface area contributed by atoms with Crippen molar-refractivity contribution in [3.63, 3.8) is 0 Å². The number of halogens is 3. The molecule has 2 aromatic carbocycles. The highest BCUT2D eigenvalue weighted by atomic mass is 35.5. The molecular weight excluding hydrogens is 278 g/mol. The average molecular weight is 285 g/mol. The van der Waals surface area contributed by atoms with Crippen LogP contribution in [0.5, 0.6) is 0 Å². The molecule has 5 heteroatoms. The van der Waals surface area contributed by atoms with Gasteiger partial charge in [0, 0.05) is 11.1 Å². The summed E-state index contributed by atoms with van der Waals surface area (Å²) in [4.78, 5) is 10.7. The van der Waals surface area contributed by atoms with Crippen molar-refractivity contribution >= 4 is 29.2 Å². The first kappa shape index (κ1) is 12.9. The van der Waals surface area contributed by atoms with E-state index in [-0.39, 0.29) is 16.1 Å². The van der Waals surface area contributed by atoms with Gasteiger partial charge in [0.2, 0.25) is 0 Å². The Morgan fingerprint density at radius 3 is 2.44 bits per heavy atom. The molecule has 2 rings (SSSR count). The Morgan fingerprint density at radius 1 is 1.11 bits per heavy atom. The van der Waals surface area contributed by atoms with E-state index in [0.717, 1.165) is 6.07 Å². The first-order valence-electron chi connectivity index (χ1n) is 4.98. The summed E-state index contributed by atoms with van der Waals surface area (Å²) in [6.45, 7) is 0. The topological polar surface area (TPSA) is 37.3 Å². The minimum absolute atomic E-state index is 0.116. The Hall–Kier alpha value is -1.58. The fourth-order valence-electron chi connectivity index (χ4n) is 1.58. The highest BCUT2D eigenvalue weighted by Gasteiger charge is 2.13. The van der Waals surface area contributed by atoms with Crippen LogP contribution in [-0.2, 0) is 0 Å². The first-order valence-corrected chi connectivity index (χ1v) is 5.73. The van der Waals surface area contributed by atoms with Gasteiger partial charge in [0.1, 0.15) is 5.82 Å². The number of hydrogen-bond donors (Lipinski definition) is 1. The molecule has 0 spiro atoms. The van der Waals surface area contributed by atoms with Crippen LogP contribution in [0.4, 0.5) is 4.39 Å². The highest BCUT2D eigenvalue weighted by molar-refractivity contribution is 6.43. The molecule has 0 fully saturated rings. The Labute approximate surface area is 113 Å². The second-order valence-electron chi connectivity index (χ2n) is 3.60. The van der Waals surface area contributed by atoms with Crippen molar-refractivity contribution < 1.29 is 14.3 Å². The van der Waals surface area contributed by atoms with Gasteiger partial charge in [0.25, 0.3) is 0 Å². The molecule has 0 aliphatic carbocycles. The van der Waals surface area contributed by atoms with E-state index in [4.69, 9.17) is 28.3 Å². The van der Waals surface area contributed by atoms with Crippen molar-refractivity contribution in [3.8, 4) is 11.1 Å². The quantitative estimate of drug-likeness (QED) is 0.882. The Bertz CT molecular complexity index is 626. The summed E-state index contributed by atoms with van der Waals surface area (Å²) < 4.78 is 13.8. The van der Waals surface area contributed by atoms with Gasteiger partial charge in [-0.25, -0.2) is 9.18 Å². The molecular formula is C13H7Cl2FO2. The lowest BCUT2D eigenvalue weighted by Crippen LogP contribution is -1.97. The van der Waals surface area contributed by atoms with Gasteiger partial charge in [-0.05, 0) is 18.2 Å². The summed E-state index contributed by atoms with van der Waals surface area (Å²) in [6, 6.07) is 8.50. The molecule has 18 heavy (non-hydrogen) atoms. The molecule has 2 nitrogen and oxygen atoms in total. The monoisotopic (exact) mass is 284 g/mol. The van der Waals surface area contributed by atoms with Crippen molar-refractivity contribution in [3.05, 3.63) is 57.8 Å². The summed E-state index contributed by atoms with van der Waals surface area (Å²) in [5, 5.41) is 9.31. The van der Waals surface area contributed by atoms with E-state index in [9.17, 15) is 9.18 Å². The van der Waals surface area contributed by atoms with Crippen molar-refractivity contribution in [1.29, 1.82) is 0 Å². The molecule has 0 bridgehead atoms. The highest BCUT2D eigenvalue weighted by Crippen LogP contribution is 2.34. The minimum atomic E-state index is -1.18. The van der Waals surface area contributed by atoms with Crippen LogP contribution in [0.2, 0.25) is 10.0 Å². The maximum atomic E-state index is 13.8. The maximum Gasteiger partial charge on any atom is 0.335 e. The zero-order chi connectivity index (χ0) is 13.3. The fourth-order valence-corrected chi connectivity index (χ4v) is 1.98. The summed E-state index contributed by atoms with van der Waals surface area (Å²) in [7, 11) is 0. The predicted octanol–water partition coefficient (Wildman–Crippen LogP) is 4.50. The average Bonchev–Trinajstić information content (AvgIpc) is 2.33. The van der Waals surface area contributed by atoms with Crippen LogP contribution >= 0.6 is 23.2 Å². The zero-order valence-corrected chi connectivity index (χ0v) is 10.5. The Morgan fingerprint density at radius 2 is 1.83 bits per heavy atom. The molecule has 1 N–H and O–H groups in total. The molecule has 0 radical (unpaired) electrons. The van der Waals surface area contributed by atoms with E-state index in [1.807, 2.05) is 0 Å². The van der Waals surface area contributed by atoms with Crippen LogP contribution < -0.4 is 0 Å². The number of carboxylic acids is 1. The number of benzene rings is 2. The van der Waals surface area contributed by atoms with Crippen molar-refractivity contribution in [1.82, 2.24) is 0 Å². The third-order valence-corrected chi connectivity index (χ3v) is 3.28. The molecule has 0 aromatic heterocycles. The summed E-state index contributed by atoms with van der Waals surface area (Å²) in [5.41, 5.74) is 0.528. The normalized spacial score (nSPS) is 10.4. The van der Waals surface area contributed by atoms with Gasteiger partial charge in [0.15, 0.2) is 0 Å². The molecule has 0 aliphatic rings. The molecule has 0 heterocycles. The van der Waals surface area contributed by atoms with Gasteiger partial charge in [-0.3, -0.25) is 0 Å². The molecule has 2 aromatic rings. The van der Waals surface area contributed by atoms with E-state index in [1.54, 1.807) is 18.2 Å². The number of rotatable bonds is 2. The molecule has 92 valence electrons. The molecule has 0 saturated carbocycles. The zero-order valence-electron chi connectivity index (χ0n) is 8.95. The van der Waals surface area contributed by atoms with E-state index >= 15 is 0 Å². The number of hydrogen-bond acceptors (Lipinski definition) is 1. The van der Waals surface area contributed by atoms with E-state index in [0.29, 0.717) is 10.6 Å². The largest absolute Gasteiger partial charge is 0.478 e. The molecule has 0 aliphatic heterocycles. The molecule has 0 saturated heterocycles. The smallest absolute Gasteiger partial charge is 0.335 e. The molecule has 0 atom stereocenters. The van der Waals surface area contributed by atoms with E-state index in [1.165, 1.54) is 12.1 Å². The molecule has 0 amide bonds.